The van der Waals surface area contributed by atoms with Gasteiger partial charge in [0.2, 0.25) is 0 Å². The summed E-state index contributed by atoms with van der Waals surface area (Å²) in [4.78, 5) is 0. The van der Waals surface area contributed by atoms with Gasteiger partial charge in [0.25, 0.3) is 0 Å². The predicted octanol–water partition coefficient (Wildman–Crippen LogP) is 1.83. The summed E-state index contributed by atoms with van der Waals surface area (Å²) < 4.78 is 14.2. The third kappa shape index (κ3) is 2.16. The molecule has 0 saturated carbocycles. The van der Waals surface area contributed by atoms with Crippen LogP contribution in [-0.2, 0) is 0 Å². The monoisotopic (exact) mass is 160 g/mol. The third-order valence-electron chi connectivity index (χ3n) is 2.81. The predicted molar refractivity (Wildman–Crippen MR) is 45.1 cm³/mol. The number of quaternary nitrogens is 1. The van der Waals surface area contributed by atoms with Crippen molar-refractivity contribution >= 4 is 0 Å². The summed E-state index contributed by atoms with van der Waals surface area (Å²) >= 11 is 0. The average molecular weight is 160 g/mol. The number of likely N-dealkylation sites (tertiary alicyclic amines) is 1. The van der Waals surface area contributed by atoms with Crippen molar-refractivity contribution in [2.45, 2.75) is 25.9 Å². The molecule has 0 amide bonds. The molecule has 0 aromatic rings. The zero-order valence-electron chi connectivity index (χ0n) is 7.81. The van der Waals surface area contributed by atoms with Crippen molar-refractivity contribution in [3.8, 4) is 0 Å². The van der Waals surface area contributed by atoms with E-state index in [1.165, 1.54) is 0 Å². The smallest absolute Gasteiger partial charge is 0.152 e. The second-order valence-electron chi connectivity index (χ2n) is 4.31. The standard InChI is InChI=1S/C9H19FN/c1-4-8-5-6-11(2,3)7-9(8)10/h8-9H,4-7H2,1-3H3/q+1/t8-,9+/m1/s1. The van der Waals surface area contributed by atoms with Crippen LogP contribution >= 0.6 is 0 Å². The van der Waals surface area contributed by atoms with Gasteiger partial charge < -0.3 is 4.48 Å². The Kier molecular flexibility index (Phi) is 2.53. The molecular formula is C9H19FN+. The molecule has 0 N–H and O–H groups in total. The van der Waals surface area contributed by atoms with E-state index in [0.717, 1.165) is 23.9 Å². The third-order valence-corrected chi connectivity index (χ3v) is 2.81. The first-order chi connectivity index (χ1) is 5.05. The Morgan fingerprint density at radius 2 is 2.09 bits per heavy atom. The molecule has 0 aromatic carbocycles. The van der Waals surface area contributed by atoms with E-state index in [1.807, 2.05) is 0 Å². The number of alkyl halides is 1. The van der Waals surface area contributed by atoms with E-state index in [2.05, 4.69) is 21.0 Å². The van der Waals surface area contributed by atoms with Crippen LogP contribution in [-0.4, -0.2) is 37.8 Å². The minimum Gasteiger partial charge on any atom is -0.326 e. The Morgan fingerprint density at radius 1 is 1.45 bits per heavy atom. The summed E-state index contributed by atoms with van der Waals surface area (Å²) in [5.74, 6) is 0.334. The maximum Gasteiger partial charge on any atom is 0.152 e. The molecule has 1 aliphatic rings. The van der Waals surface area contributed by atoms with Gasteiger partial charge in [-0.1, -0.05) is 13.3 Å². The lowest BCUT2D eigenvalue weighted by molar-refractivity contribution is -0.898. The summed E-state index contributed by atoms with van der Waals surface area (Å²) in [6, 6.07) is 0. The minimum absolute atomic E-state index is 0.334. The van der Waals surface area contributed by atoms with Crippen molar-refractivity contribution in [1.82, 2.24) is 0 Å². The zero-order valence-corrected chi connectivity index (χ0v) is 7.81. The van der Waals surface area contributed by atoms with Crippen LogP contribution in [0.15, 0.2) is 0 Å². The van der Waals surface area contributed by atoms with Crippen LogP contribution in [0.5, 0.6) is 0 Å². The molecule has 0 unspecified atom stereocenters. The molecule has 1 rings (SSSR count). The van der Waals surface area contributed by atoms with Crippen LogP contribution < -0.4 is 0 Å². The summed E-state index contributed by atoms with van der Waals surface area (Å²) in [6.07, 6.45) is 1.50. The molecule has 0 aromatic heterocycles. The van der Waals surface area contributed by atoms with Gasteiger partial charge in [-0.15, -0.1) is 0 Å². The molecule has 1 saturated heterocycles. The van der Waals surface area contributed by atoms with Gasteiger partial charge in [0, 0.05) is 12.3 Å². The first kappa shape index (κ1) is 8.98. The number of rotatable bonds is 1. The van der Waals surface area contributed by atoms with Gasteiger partial charge in [0.15, 0.2) is 6.17 Å². The van der Waals surface area contributed by atoms with Crippen LogP contribution in [0.3, 0.4) is 0 Å². The highest BCUT2D eigenvalue weighted by atomic mass is 19.1. The fourth-order valence-corrected chi connectivity index (χ4v) is 1.87. The molecule has 1 heterocycles. The number of halogens is 1. The molecule has 11 heavy (non-hydrogen) atoms. The van der Waals surface area contributed by atoms with Crippen molar-refractivity contribution < 1.29 is 8.87 Å². The number of piperidine rings is 1. The second kappa shape index (κ2) is 3.10. The maximum atomic E-state index is 13.3. The van der Waals surface area contributed by atoms with Gasteiger partial charge >= 0.3 is 0 Å². The highest BCUT2D eigenvalue weighted by molar-refractivity contribution is 4.71. The maximum absolute atomic E-state index is 13.3. The summed E-state index contributed by atoms with van der Waals surface area (Å²) in [6.45, 7) is 3.93. The number of nitrogens with zero attached hydrogens (tertiary/aromatic N) is 1. The Bertz CT molecular complexity index is 134. The molecule has 66 valence electrons. The van der Waals surface area contributed by atoms with Gasteiger partial charge in [-0.2, -0.15) is 0 Å². The fourth-order valence-electron chi connectivity index (χ4n) is 1.87. The SMILES string of the molecule is CC[C@@H]1CC[N+](C)(C)C[C@@H]1F. The molecule has 2 atom stereocenters. The molecule has 0 spiro atoms. The van der Waals surface area contributed by atoms with Crippen LogP contribution in [0.1, 0.15) is 19.8 Å². The van der Waals surface area contributed by atoms with Gasteiger partial charge in [-0.05, 0) is 0 Å². The normalized spacial score (nSPS) is 37.1. The van der Waals surface area contributed by atoms with Gasteiger partial charge in [0.1, 0.15) is 6.54 Å². The summed E-state index contributed by atoms with van der Waals surface area (Å²) in [5, 5.41) is 0. The highest BCUT2D eigenvalue weighted by Gasteiger charge is 2.33. The van der Waals surface area contributed by atoms with Crippen LogP contribution in [0.2, 0.25) is 0 Å². The Balaban J connectivity index is 2.48. The lowest BCUT2D eigenvalue weighted by atomic mass is 9.92. The van der Waals surface area contributed by atoms with Gasteiger partial charge in [-0.3, -0.25) is 0 Å². The average Bonchev–Trinajstić information content (AvgIpc) is 1.86. The van der Waals surface area contributed by atoms with Crippen LogP contribution in [0.25, 0.3) is 0 Å². The van der Waals surface area contributed by atoms with Crippen molar-refractivity contribution in [3.05, 3.63) is 0 Å². The first-order valence-corrected chi connectivity index (χ1v) is 4.51. The summed E-state index contributed by atoms with van der Waals surface area (Å²) in [7, 11) is 4.22. The fraction of sp³-hybridized carbons (Fsp3) is 1.00. The molecule has 1 fully saturated rings. The first-order valence-electron chi connectivity index (χ1n) is 4.51. The van der Waals surface area contributed by atoms with Crippen LogP contribution in [0.4, 0.5) is 4.39 Å². The molecule has 0 bridgehead atoms. The van der Waals surface area contributed by atoms with E-state index in [1.54, 1.807) is 0 Å². The number of hydrogen-bond donors (Lipinski definition) is 0. The van der Waals surface area contributed by atoms with Crippen LogP contribution in [0, 0.1) is 5.92 Å². The Labute approximate surface area is 68.8 Å². The lowest BCUT2D eigenvalue weighted by Crippen LogP contribution is -2.51. The molecule has 1 nitrogen and oxygen atoms in total. The Morgan fingerprint density at radius 3 is 2.55 bits per heavy atom. The largest absolute Gasteiger partial charge is 0.326 e. The second-order valence-corrected chi connectivity index (χ2v) is 4.31. The van der Waals surface area contributed by atoms with E-state index < -0.39 is 6.17 Å². The lowest BCUT2D eigenvalue weighted by Gasteiger charge is -2.38. The minimum atomic E-state index is -0.566. The highest BCUT2D eigenvalue weighted by Crippen LogP contribution is 2.25. The van der Waals surface area contributed by atoms with E-state index >= 15 is 0 Å². The quantitative estimate of drug-likeness (QED) is 0.513. The van der Waals surface area contributed by atoms with Gasteiger partial charge in [-0.25, -0.2) is 4.39 Å². The van der Waals surface area contributed by atoms with E-state index in [0.29, 0.717) is 12.5 Å². The molecule has 0 radical (unpaired) electrons. The van der Waals surface area contributed by atoms with Crippen molar-refractivity contribution in [2.75, 3.05) is 27.2 Å². The molecular weight excluding hydrogens is 141 g/mol. The zero-order chi connectivity index (χ0) is 8.48. The van der Waals surface area contributed by atoms with E-state index in [-0.39, 0.29) is 0 Å². The molecule has 1 aliphatic heterocycles. The van der Waals surface area contributed by atoms with E-state index in [9.17, 15) is 4.39 Å². The topological polar surface area (TPSA) is 0 Å². The molecule has 0 aliphatic carbocycles. The van der Waals surface area contributed by atoms with Crippen molar-refractivity contribution in [2.24, 2.45) is 5.92 Å². The Hall–Kier alpha value is -0.110. The number of hydrogen-bond acceptors (Lipinski definition) is 0. The van der Waals surface area contributed by atoms with Crippen molar-refractivity contribution in [3.63, 3.8) is 0 Å². The molecule has 2 heteroatoms. The summed E-state index contributed by atoms with van der Waals surface area (Å²) in [5.41, 5.74) is 0. The van der Waals surface area contributed by atoms with Crippen molar-refractivity contribution in [1.29, 1.82) is 0 Å². The van der Waals surface area contributed by atoms with E-state index in [4.69, 9.17) is 0 Å². The van der Waals surface area contributed by atoms with Gasteiger partial charge in [0.05, 0.1) is 20.6 Å².